The zero-order valence-electron chi connectivity index (χ0n) is 12.6. The predicted octanol–water partition coefficient (Wildman–Crippen LogP) is 2.97. The number of aromatic nitrogens is 3. The second kappa shape index (κ2) is 6.07. The van der Waals surface area contributed by atoms with Crippen LogP contribution in [0.2, 0.25) is 0 Å². The summed E-state index contributed by atoms with van der Waals surface area (Å²) >= 11 is 1.73. The zero-order valence-corrected chi connectivity index (χ0v) is 13.5. The van der Waals surface area contributed by atoms with E-state index in [9.17, 15) is 0 Å². The Balaban J connectivity index is 1.72. The van der Waals surface area contributed by atoms with Crippen molar-refractivity contribution in [2.24, 2.45) is 0 Å². The van der Waals surface area contributed by atoms with Crippen LogP contribution in [0.1, 0.15) is 39.4 Å². The van der Waals surface area contributed by atoms with E-state index in [4.69, 9.17) is 4.74 Å². The lowest BCUT2D eigenvalue weighted by Crippen LogP contribution is -2.08. The van der Waals surface area contributed by atoms with Gasteiger partial charge in [-0.3, -0.25) is 0 Å². The van der Waals surface area contributed by atoms with Crippen LogP contribution in [0.15, 0.2) is 6.07 Å². The molecule has 3 heterocycles. The minimum absolute atomic E-state index is 0.400. The third-order valence-electron chi connectivity index (χ3n) is 3.70. The first-order valence-electron chi connectivity index (χ1n) is 7.22. The molecule has 6 heteroatoms. The number of rotatable bonds is 4. The molecule has 0 bridgehead atoms. The van der Waals surface area contributed by atoms with Crippen molar-refractivity contribution in [3.8, 4) is 0 Å². The van der Waals surface area contributed by atoms with E-state index in [2.05, 4.69) is 27.2 Å². The van der Waals surface area contributed by atoms with Gasteiger partial charge in [-0.1, -0.05) is 0 Å². The summed E-state index contributed by atoms with van der Waals surface area (Å²) in [6.07, 6.45) is 1.04. The first-order chi connectivity index (χ1) is 10.1. The largest absolute Gasteiger partial charge is 0.381 e. The first-order valence-corrected chi connectivity index (χ1v) is 8.03. The molecular formula is C15H20N4OS. The summed E-state index contributed by atoms with van der Waals surface area (Å²) in [5.74, 6) is 2.07. The van der Waals surface area contributed by atoms with Crippen molar-refractivity contribution in [2.75, 3.05) is 18.5 Å². The van der Waals surface area contributed by atoms with E-state index in [1.807, 2.05) is 19.9 Å². The summed E-state index contributed by atoms with van der Waals surface area (Å²) in [6, 6.07) is 2.04. The lowest BCUT2D eigenvalue weighted by molar-refractivity contribution is 0.193. The molecule has 112 valence electrons. The van der Waals surface area contributed by atoms with Gasteiger partial charge in [-0.05, 0) is 27.2 Å². The van der Waals surface area contributed by atoms with Gasteiger partial charge in [0, 0.05) is 23.5 Å². The molecule has 3 rings (SSSR count). The summed E-state index contributed by atoms with van der Waals surface area (Å²) in [5, 5.41) is 4.45. The van der Waals surface area contributed by atoms with Gasteiger partial charge in [0.2, 0.25) is 0 Å². The molecule has 0 radical (unpaired) electrons. The fourth-order valence-corrected chi connectivity index (χ4v) is 3.31. The molecule has 21 heavy (non-hydrogen) atoms. The van der Waals surface area contributed by atoms with Gasteiger partial charge in [0.25, 0.3) is 0 Å². The highest BCUT2D eigenvalue weighted by atomic mass is 32.1. The summed E-state index contributed by atoms with van der Waals surface area (Å²) < 4.78 is 5.45. The van der Waals surface area contributed by atoms with Gasteiger partial charge < -0.3 is 10.1 Å². The average Bonchev–Trinajstić information content (AvgIpc) is 3.07. The van der Waals surface area contributed by atoms with Crippen LogP contribution in [-0.2, 0) is 11.3 Å². The van der Waals surface area contributed by atoms with Gasteiger partial charge >= 0.3 is 0 Å². The van der Waals surface area contributed by atoms with Crippen LogP contribution < -0.4 is 5.32 Å². The molecule has 2 aromatic heterocycles. The fraction of sp³-hybridized carbons (Fsp3) is 0.533. The van der Waals surface area contributed by atoms with Crippen molar-refractivity contribution in [2.45, 2.75) is 39.7 Å². The molecule has 1 fully saturated rings. The molecule has 1 aliphatic rings. The number of thiazole rings is 1. The van der Waals surface area contributed by atoms with Crippen molar-refractivity contribution in [3.05, 3.63) is 33.2 Å². The van der Waals surface area contributed by atoms with E-state index in [0.29, 0.717) is 12.5 Å². The molecule has 1 N–H and O–H groups in total. The minimum Gasteiger partial charge on any atom is -0.381 e. The number of nitrogens with zero attached hydrogens (tertiary/aromatic N) is 3. The maximum absolute atomic E-state index is 5.45. The maximum atomic E-state index is 5.45. The highest BCUT2D eigenvalue weighted by molar-refractivity contribution is 7.11. The fourth-order valence-electron chi connectivity index (χ4n) is 2.44. The Morgan fingerprint density at radius 3 is 2.81 bits per heavy atom. The quantitative estimate of drug-likeness (QED) is 0.941. The number of anilines is 1. The van der Waals surface area contributed by atoms with E-state index in [1.165, 1.54) is 4.88 Å². The van der Waals surface area contributed by atoms with Gasteiger partial charge in [-0.15, -0.1) is 11.3 Å². The monoisotopic (exact) mass is 304 g/mol. The van der Waals surface area contributed by atoms with Crippen LogP contribution >= 0.6 is 11.3 Å². The number of ether oxygens (including phenoxy) is 1. The van der Waals surface area contributed by atoms with Crippen LogP contribution in [0, 0.1) is 20.8 Å². The molecule has 0 amide bonds. The molecule has 0 saturated carbocycles. The summed E-state index contributed by atoms with van der Waals surface area (Å²) in [7, 11) is 0. The number of nitrogens with one attached hydrogen (secondary N) is 1. The summed E-state index contributed by atoms with van der Waals surface area (Å²) in [4.78, 5) is 14.8. The van der Waals surface area contributed by atoms with Crippen molar-refractivity contribution >= 4 is 17.2 Å². The molecule has 1 unspecified atom stereocenters. The van der Waals surface area contributed by atoms with E-state index in [1.54, 1.807) is 11.3 Å². The number of aryl methyl sites for hydroxylation is 3. The maximum Gasteiger partial charge on any atom is 0.130 e. The van der Waals surface area contributed by atoms with E-state index >= 15 is 0 Å². The lowest BCUT2D eigenvalue weighted by Gasteiger charge is -2.11. The number of hydrogen-bond acceptors (Lipinski definition) is 6. The Labute approximate surface area is 128 Å². The molecule has 2 aromatic rings. The van der Waals surface area contributed by atoms with Gasteiger partial charge in [0.15, 0.2) is 0 Å². The van der Waals surface area contributed by atoms with Gasteiger partial charge in [0.05, 0.1) is 24.5 Å². The smallest absolute Gasteiger partial charge is 0.130 e. The first kappa shape index (κ1) is 14.4. The summed E-state index contributed by atoms with van der Waals surface area (Å²) in [6.45, 7) is 8.37. The lowest BCUT2D eigenvalue weighted by atomic mass is 10.0. The Morgan fingerprint density at radius 2 is 2.14 bits per heavy atom. The second-order valence-electron chi connectivity index (χ2n) is 5.39. The second-order valence-corrected chi connectivity index (χ2v) is 6.68. The van der Waals surface area contributed by atoms with Crippen molar-refractivity contribution in [1.29, 1.82) is 0 Å². The minimum atomic E-state index is 0.400. The van der Waals surface area contributed by atoms with E-state index in [0.717, 1.165) is 47.7 Å². The van der Waals surface area contributed by atoms with Crippen molar-refractivity contribution in [3.63, 3.8) is 0 Å². The molecule has 0 spiro atoms. The zero-order chi connectivity index (χ0) is 14.8. The molecular weight excluding hydrogens is 284 g/mol. The van der Waals surface area contributed by atoms with Crippen LogP contribution in [0.4, 0.5) is 5.82 Å². The highest BCUT2D eigenvalue weighted by Crippen LogP contribution is 2.25. The topological polar surface area (TPSA) is 59.9 Å². The van der Waals surface area contributed by atoms with Gasteiger partial charge in [-0.2, -0.15) is 0 Å². The molecule has 1 saturated heterocycles. The van der Waals surface area contributed by atoms with E-state index < -0.39 is 0 Å². The number of hydrogen-bond donors (Lipinski definition) is 1. The Bertz CT molecular complexity index is 615. The van der Waals surface area contributed by atoms with Crippen LogP contribution in [0.5, 0.6) is 0 Å². The molecule has 5 nitrogen and oxygen atoms in total. The standard InChI is InChI=1S/C15H20N4OS/c1-9-10(2)21-15(17-9)7-16-14-6-13(18-11(3)19-14)12-4-5-20-8-12/h6,12H,4-5,7-8H2,1-3H3,(H,16,18,19). The Hall–Kier alpha value is -1.53. The SMILES string of the molecule is Cc1nc(NCc2nc(C)c(C)s2)cc(C2CCOC2)n1. The van der Waals surface area contributed by atoms with Gasteiger partial charge in [-0.25, -0.2) is 15.0 Å². The van der Waals surface area contributed by atoms with Crippen LogP contribution in [0.3, 0.4) is 0 Å². The average molecular weight is 304 g/mol. The summed E-state index contributed by atoms with van der Waals surface area (Å²) in [5.41, 5.74) is 2.19. The molecule has 1 aliphatic heterocycles. The van der Waals surface area contributed by atoms with Crippen LogP contribution in [0.25, 0.3) is 0 Å². The predicted molar refractivity (Wildman–Crippen MR) is 83.9 cm³/mol. The molecule has 0 aliphatic carbocycles. The molecule has 1 atom stereocenters. The molecule has 0 aromatic carbocycles. The Kier molecular flexibility index (Phi) is 4.17. The van der Waals surface area contributed by atoms with Crippen molar-refractivity contribution < 1.29 is 4.74 Å². The normalized spacial score (nSPS) is 18.1. The third-order valence-corrected chi connectivity index (χ3v) is 4.77. The Morgan fingerprint density at radius 1 is 1.29 bits per heavy atom. The third kappa shape index (κ3) is 3.39. The van der Waals surface area contributed by atoms with E-state index in [-0.39, 0.29) is 0 Å². The van der Waals surface area contributed by atoms with Gasteiger partial charge in [0.1, 0.15) is 16.6 Å². The highest BCUT2D eigenvalue weighted by Gasteiger charge is 2.20. The van der Waals surface area contributed by atoms with Crippen LogP contribution in [-0.4, -0.2) is 28.2 Å². The van der Waals surface area contributed by atoms with Crippen molar-refractivity contribution in [1.82, 2.24) is 15.0 Å².